The maximum Gasteiger partial charge on any atom is 0.145 e. The molecule has 4 rings (SSSR count). The monoisotopic (exact) mass is 553 g/mol. The third kappa shape index (κ3) is 5.37. The highest BCUT2D eigenvalue weighted by Gasteiger charge is 2.21. The normalized spacial score (nSPS) is 11.4. The summed E-state index contributed by atoms with van der Waals surface area (Å²) < 4.78 is 8.80. The van der Waals surface area contributed by atoms with E-state index in [4.69, 9.17) is 9.72 Å². The number of nitrogens with one attached hydrogen (secondary N) is 1. The molecule has 1 heterocycles. The van der Waals surface area contributed by atoms with E-state index >= 15 is 0 Å². The Bertz CT molecular complexity index is 1330. The van der Waals surface area contributed by atoms with Crippen LogP contribution in [-0.4, -0.2) is 34.6 Å². The molecule has 0 saturated heterocycles. The first-order valence-corrected chi connectivity index (χ1v) is 13.7. The van der Waals surface area contributed by atoms with E-state index in [9.17, 15) is 5.11 Å². The molecule has 0 radical (unpaired) electrons. The van der Waals surface area contributed by atoms with E-state index in [1.54, 1.807) is 18.9 Å². The molecule has 0 bridgehead atoms. The van der Waals surface area contributed by atoms with Gasteiger partial charge in [0.05, 0.1) is 18.2 Å². The Morgan fingerprint density at radius 1 is 1.14 bits per heavy atom. The van der Waals surface area contributed by atoms with Crippen LogP contribution in [0.3, 0.4) is 0 Å². The van der Waals surface area contributed by atoms with Crippen LogP contribution < -0.4 is 10.1 Å². The summed E-state index contributed by atoms with van der Waals surface area (Å²) in [4.78, 5) is 6.27. The Labute approximate surface area is 220 Å². The van der Waals surface area contributed by atoms with Crippen LogP contribution in [-0.2, 0) is 13.1 Å². The van der Waals surface area contributed by atoms with Gasteiger partial charge in [0.15, 0.2) is 0 Å². The molecule has 0 amide bonds. The van der Waals surface area contributed by atoms with Gasteiger partial charge in [-0.25, -0.2) is 4.98 Å². The molecule has 0 aliphatic rings. The molecule has 4 aromatic rings. The van der Waals surface area contributed by atoms with Gasteiger partial charge in [-0.05, 0) is 76.0 Å². The number of anilines is 1. The third-order valence-electron chi connectivity index (χ3n) is 6.14. The number of rotatable bonds is 9. The van der Waals surface area contributed by atoms with Gasteiger partial charge in [-0.3, -0.25) is 0 Å². The minimum atomic E-state index is 0.0117. The number of ether oxygens (including phenoxy) is 1. The first-order valence-electron chi connectivity index (χ1n) is 11.7. The SMILES string of the molecule is COc1cc(CNc2cc(C)cc(SC)c2)c(Br)c2nc(-c3ccc(C(C)C)cc3)n(CCO)c12. The van der Waals surface area contributed by atoms with Crippen LogP contribution in [0.1, 0.15) is 36.5 Å². The van der Waals surface area contributed by atoms with E-state index < -0.39 is 0 Å². The number of hydrogen-bond acceptors (Lipinski definition) is 5. The summed E-state index contributed by atoms with van der Waals surface area (Å²) in [6, 6.07) is 17.1. The number of nitrogens with zero attached hydrogens (tertiary/aromatic N) is 2. The number of methoxy groups -OCH3 is 1. The van der Waals surface area contributed by atoms with E-state index in [1.165, 1.54) is 16.0 Å². The lowest BCUT2D eigenvalue weighted by Gasteiger charge is -2.14. The predicted octanol–water partition coefficient (Wildman–Crippen LogP) is 7.23. The van der Waals surface area contributed by atoms with Crippen LogP contribution in [0.25, 0.3) is 22.4 Å². The second-order valence-corrected chi connectivity index (χ2v) is 10.6. The topological polar surface area (TPSA) is 59.3 Å². The Morgan fingerprint density at radius 2 is 1.89 bits per heavy atom. The Balaban J connectivity index is 1.78. The number of aromatic nitrogens is 2. The maximum atomic E-state index is 9.84. The van der Waals surface area contributed by atoms with E-state index in [0.717, 1.165) is 43.9 Å². The standard InChI is InChI=1S/C28H32BrN3O2S/c1-17(2)19-6-8-20(9-7-19)28-31-26-25(29)21(14-24(34-4)27(26)32(28)10-11-33)16-30-22-12-18(3)13-23(15-22)35-5/h6-9,12-15,17,30,33H,10-11,16H2,1-5H3. The van der Waals surface area contributed by atoms with Crippen LogP contribution in [0.2, 0.25) is 0 Å². The highest BCUT2D eigenvalue weighted by molar-refractivity contribution is 9.10. The lowest BCUT2D eigenvalue weighted by atomic mass is 10.0. The van der Waals surface area contributed by atoms with Crippen LogP contribution in [0.15, 0.2) is 57.9 Å². The number of aliphatic hydroxyl groups excluding tert-OH is 1. The van der Waals surface area contributed by atoms with Gasteiger partial charge in [-0.2, -0.15) is 0 Å². The van der Waals surface area contributed by atoms with E-state index in [1.807, 2.05) is 10.6 Å². The van der Waals surface area contributed by atoms with Gasteiger partial charge in [-0.1, -0.05) is 38.1 Å². The summed E-state index contributed by atoms with van der Waals surface area (Å²) in [5.41, 5.74) is 7.35. The molecule has 2 N–H and O–H groups in total. The van der Waals surface area contributed by atoms with E-state index in [-0.39, 0.29) is 6.61 Å². The van der Waals surface area contributed by atoms with Crippen LogP contribution >= 0.6 is 27.7 Å². The first-order chi connectivity index (χ1) is 16.9. The van der Waals surface area contributed by atoms with Gasteiger partial charge in [0.1, 0.15) is 22.6 Å². The first kappa shape index (κ1) is 25.6. The van der Waals surface area contributed by atoms with Crippen molar-refractivity contribution in [1.82, 2.24) is 9.55 Å². The Morgan fingerprint density at radius 3 is 2.51 bits per heavy atom. The lowest BCUT2D eigenvalue weighted by Crippen LogP contribution is -2.06. The highest BCUT2D eigenvalue weighted by atomic mass is 79.9. The zero-order valence-electron chi connectivity index (χ0n) is 20.9. The fourth-order valence-corrected chi connectivity index (χ4v) is 5.38. The summed E-state index contributed by atoms with van der Waals surface area (Å²) >= 11 is 5.56. The zero-order valence-corrected chi connectivity index (χ0v) is 23.3. The van der Waals surface area contributed by atoms with Gasteiger partial charge in [-0.15, -0.1) is 11.8 Å². The van der Waals surface area contributed by atoms with Crippen molar-refractivity contribution >= 4 is 44.4 Å². The van der Waals surface area contributed by atoms with Crippen molar-refractivity contribution < 1.29 is 9.84 Å². The zero-order chi connectivity index (χ0) is 25.1. The Kier molecular flexibility index (Phi) is 8.09. The molecule has 35 heavy (non-hydrogen) atoms. The van der Waals surface area contributed by atoms with Crippen molar-refractivity contribution in [3.8, 4) is 17.1 Å². The number of fused-ring (bicyclic) bond motifs is 1. The van der Waals surface area contributed by atoms with Gasteiger partial charge in [0.2, 0.25) is 0 Å². The van der Waals surface area contributed by atoms with Crippen LogP contribution in [0.4, 0.5) is 5.69 Å². The summed E-state index contributed by atoms with van der Waals surface area (Å²) in [5.74, 6) is 2.02. The predicted molar refractivity (Wildman–Crippen MR) is 151 cm³/mol. The summed E-state index contributed by atoms with van der Waals surface area (Å²) in [5, 5.41) is 13.4. The number of aryl methyl sites for hydroxylation is 1. The lowest BCUT2D eigenvalue weighted by molar-refractivity contribution is 0.278. The van der Waals surface area contributed by atoms with Crippen molar-refractivity contribution in [1.29, 1.82) is 0 Å². The average Bonchev–Trinajstić information content (AvgIpc) is 3.23. The highest BCUT2D eigenvalue weighted by Crippen LogP contribution is 2.38. The van der Waals surface area contributed by atoms with Crippen LogP contribution in [0.5, 0.6) is 5.75 Å². The average molecular weight is 555 g/mol. The van der Waals surface area contributed by atoms with Gasteiger partial charge < -0.3 is 19.7 Å². The molecule has 5 nitrogen and oxygen atoms in total. The molecule has 7 heteroatoms. The van der Waals surface area contributed by atoms with Gasteiger partial charge >= 0.3 is 0 Å². The minimum absolute atomic E-state index is 0.0117. The molecular weight excluding hydrogens is 522 g/mol. The number of thioether (sulfide) groups is 1. The van der Waals surface area contributed by atoms with Crippen molar-refractivity contribution in [2.24, 2.45) is 0 Å². The second kappa shape index (κ2) is 11.1. The molecule has 1 aromatic heterocycles. The third-order valence-corrected chi connectivity index (χ3v) is 7.74. The van der Waals surface area contributed by atoms with Gasteiger partial charge in [0.25, 0.3) is 0 Å². The fourth-order valence-electron chi connectivity index (χ4n) is 4.30. The van der Waals surface area contributed by atoms with Crippen molar-refractivity contribution in [2.45, 2.75) is 44.7 Å². The van der Waals surface area contributed by atoms with Crippen molar-refractivity contribution in [2.75, 3.05) is 25.3 Å². The smallest absolute Gasteiger partial charge is 0.145 e. The molecule has 0 aliphatic heterocycles. The quantitative estimate of drug-likeness (QED) is 0.214. The molecule has 0 saturated carbocycles. The fraction of sp³-hybridized carbons (Fsp3) is 0.321. The van der Waals surface area contributed by atoms with Crippen molar-refractivity contribution in [3.05, 3.63) is 69.7 Å². The summed E-state index contributed by atoms with van der Waals surface area (Å²) in [7, 11) is 1.68. The van der Waals surface area contributed by atoms with Gasteiger partial charge in [0, 0.05) is 29.2 Å². The summed E-state index contributed by atoms with van der Waals surface area (Å²) in [6.07, 6.45) is 2.09. The van der Waals surface area contributed by atoms with E-state index in [0.29, 0.717) is 19.0 Å². The molecule has 184 valence electrons. The maximum absolute atomic E-state index is 9.84. The van der Waals surface area contributed by atoms with Crippen LogP contribution in [0, 0.1) is 6.92 Å². The number of hydrogen-bond donors (Lipinski definition) is 2. The molecule has 0 spiro atoms. The molecule has 3 aromatic carbocycles. The van der Waals surface area contributed by atoms with E-state index in [2.05, 4.69) is 90.7 Å². The van der Waals surface area contributed by atoms with Crippen molar-refractivity contribution in [3.63, 3.8) is 0 Å². The number of benzene rings is 3. The molecule has 0 aliphatic carbocycles. The largest absolute Gasteiger partial charge is 0.494 e. The minimum Gasteiger partial charge on any atom is -0.494 e. The number of halogens is 1. The number of aliphatic hydroxyl groups is 1. The molecule has 0 atom stereocenters. The molecule has 0 unspecified atom stereocenters. The molecular formula is C28H32BrN3O2S. The summed E-state index contributed by atoms with van der Waals surface area (Å²) in [6.45, 7) is 7.55. The molecule has 0 fully saturated rings. The second-order valence-electron chi connectivity index (χ2n) is 8.93. The Hall–Kier alpha value is -2.48. The number of imidazole rings is 1.